The number of carbonyl (C=O) groups is 1. The standard InChI is InChI=1S/C15H20N4O/c1-15(2,3)14-13-11(4-5-18-14)6-10(8-19-13)7-17-9-12(16)20/h4-6,8,17H,7,9H2,1-3H3,(H2,16,20). The van der Waals surface area contributed by atoms with E-state index in [9.17, 15) is 4.79 Å². The van der Waals surface area contributed by atoms with Crippen molar-refractivity contribution >= 4 is 16.8 Å². The molecule has 1 amide bonds. The molecular formula is C15H20N4O. The first-order valence-electron chi connectivity index (χ1n) is 6.61. The fourth-order valence-corrected chi connectivity index (χ4v) is 2.08. The summed E-state index contributed by atoms with van der Waals surface area (Å²) in [6.07, 6.45) is 3.62. The second-order valence-corrected chi connectivity index (χ2v) is 5.89. The van der Waals surface area contributed by atoms with Crippen LogP contribution >= 0.6 is 0 Å². The van der Waals surface area contributed by atoms with Crippen LogP contribution in [0.5, 0.6) is 0 Å². The van der Waals surface area contributed by atoms with Gasteiger partial charge in [0.25, 0.3) is 0 Å². The first kappa shape index (κ1) is 14.4. The highest BCUT2D eigenvalue weighted by Gasteiger charge is 2.19. The van der Waals surface area contributed by atoms with Gasteiger partial charge in [-0.15, -0.1) is 0 Å². The monoisotopic (exact) mass is 272 g/mol. The molecular weight excluding hydrogens is 252 g/mol. The second kappa shape index (κ2) is 5.54. The molecule has 2 rings (SSSR count). The van der Waals surface area contributed by atoms with Gasteiger partial charge >= 0.3 is 0 Å². The Bertz CT molecular complexity index is 631. The third kappa shape index (κ3) is 3.30. The van der Waals surface area contributed by atoms with Crippen molar-refractivity contribution in [3.63, 3.8) is 0 Å². The SMILES string of the molecule is CC(C)(C)c1nccc2cc(CNCC(N)=O)cnc12. The molecule has 2 aromatic rings. The van der Waals surface area contributed by atoms with Crippen LogP contribution in [0.4, 0.5) is 0 Å². The van der Waals surface area contributed by atoms with Crippen LogP contribution in [0, 0.1) is 0 Å². The molecule has 0 aliphatic heterocycles. The lowest BCUT2D eigenvalue weighted by Gasteiger charge is -2.19. The number of fused-ring (bicyclic) bond motifs is 1. The summed E-state index contributed by atoms with van der Waals surface area (Å²) in [5.74, 6) is -0.363. The van der Waals surface area contributed by atoms with Gasteiger partial charge in [-0.1, -0.05) is 20.8 Å². The predicted octanol–water partition coefficient (Wildman–Crippen LogP) is 1.50. The molecule has 0 atom stereocenters. The van der Waals surface area contributed by atoms with Crippen LogP contribution in [0.1, 0.15) is 32.0 Å². The number of aromatic nitrogens is 2. The van der Waals surface area contributed by atoms with Crippen molar-refractivity contribution in [2.75, 3.05) is 6.54 Å². The highest BCUT2D eigenvalue weighted by atomic mass is 16.1. The molecule has 20 heavy (non-hydrogen) atoms. The lowest BCUT2D eigenvalue weighted by molar-refractivity contribution is -0.117. The van der Waals surface area contributed by atoms with E-state index in [1.807, 2.05) is 18.5 Å². The van der Waals surface area contributed by atoms with E-state index < -0.39 is 0 Å². The Morgan fingerprint density at radius 3 is 2.75 bits per heavy atom. The highest BCUT2D eigenvalue weighted by molar-refractivity contribution is 5.81. The molecule has 0 radical (unpaired) electrons. The number of nitrogens with zero attached hydrogens (tertiary/aromatic N) is 2. The van der Waals surface area contributed by atoms with Gasteiger partial charge in [-0.25, -0.2) is 0 Å². The van der Waals surface area contributed by atoms with Crippen LogP contribution < -0.4 is 11.1 Å². The molecule has 0 bridgehead atoms. The quantitative estimate of drug-likeness (QED) is 0.884. The third-order valence-corrected chi connectivity index (χ3v) is 2.99. The maximum Gasteiger partial charge on any atom is 0.231 e. The van der Waals surface area contributed by atoms with Gasteiger partial charge in [0.2, 0.25) is 5.91 Å². The van der Waals surface area contributed by atoms with E-state index in [0.29, 0.717) is 6.54 Å². The molecule has 0 saturated heterocycles. The van der Waals surface area contributed by atoms with E-state index in [4.69, 9.17) is 5.73 Å². The summed E-state index contributed by atoms with van der Waals surface area (Å²) in [6, 6.07) is 4.02. The lowest BCUT2D eigenvalue weighted by atomic mass is 9.90. The number of rotatable bonds is 4. The van der Waals surface area contributed by atoms with E-state index in [-0.39, 0.29) is 17.9 Å². The Morgan fingerprint density at radius 1 is 1.35 bits per heavy atom. The number of primary amides is 1. The van der Waals surface area contributed by atoms with Crippen LogP contribution in [0.3, 0.4) is 0 Å². The van der Waals surface area contributed by atoms with Crippen molar-refractivity contribution in [1.29, 1.82) is 0 Å². The number of hydrogen-bond acceptors (Lipinski definition) is 4. The van der Waals surface area contributed by atoms with Crippen LogP contribution in [0.2, 0.25) is 0 Å². The van der Waals surface area contributed by atoms with Crippen molar-refractivity contribution in [2.24, 2.45) is 5.73 Å². The fourth-order valence-electron chi connectivity index (χ4n) is 2.08. The Morgan fingerprint density at radius 2 is 2.10 bits per heavy atom. The van der Waals surface area contributed by atoms with E-state index in [1.165, 1.54) is 0 Å². The number of hydrogen-bond donors (Lipinski definition) is 2. The zero-order valence-electron chi connectivity index (χ0n) is 12.1. The van der Waals surface area contributed by atoms with E-state index >= 15 is 0 Å². The molecule has 0 fully saturated rings. The van der Waals surface area contributed by atoms with Gasteiger partial charge < -0.3 is 11.1 Å². The molecule has 3 N–H and O–H groups in total. The zero-order chi connectivity index (χ0) is 14.8. The van der Waals surface area contributed by atoms with Crippen molar-refractivity contribution in [3.8, 4) is 0 Å². The largest absolute Gasteiger partial charge is 0.369 e. The Kier molecular flexibility index (Phi) is 3.99. The first-order chi connectivity index (χ1) is 9.38. The fraction of sp³-hybridized carbons (Fsp3) is 0.400. The van der Waals surface area contributed by atoms with Crippen molar-refractivity contribution in [1.82, 2.24) is 15.3 Å². The summed E-state index contributed by atoms with van der Waals surface area (Å²) >= 11 is 0. The second-order valence-electron chi connectivity index (χ2n) is 5.89. The van der Waals surface area contributed by atoms with E-state index in [1.54, 1.807) is 0 Å². The maximum absolute atomic E-state index is 10.7. The summed E-state index contributed by atoms with van der Waals surface area (Å²) in [5.41, 5.74) is 7.99. The Labute approximate surface area is 118 Å². The molecule has 2 heterocycles. The summed E-state index contributed by atoms with van der Waals surface area (Å²) in [4.78, 5) is 19.7. The normalized spacial score (nSPS) is 11.8. The summed E-state index contributed by atoms with van der Waals surface area (Å²) in [5, 5.41) is 4.04. The van der Waals surface area contributed by atoms with Crippen LogP contribution in [-0.4, -0.2) is 22.4 Å². The van der Waals surface area contributed by atoms with Crippen molar-refractivity contribution in [2.45, 2.75) is 32.7 Å². The van der Waals surface area contributed by atoms with E-state index in [0.717, 1.165) is 22.2 Å². The summed E-state index contributed by atoms with van der Waals surface area (Å²) in [6.45, 7) is 7.11. The highest BCUT2D eigenvalue weighted by Crippen LogP contribution is 2.26. The number of pyridine rings is 2. The molecule has 0 aliphatic carbocycles. The molecule has 5 nitrogen and oxygen atoms in total. The number of carbonyl (C=O) groups excluding carboxylic acids is 1. The average molecular weight is 272 g/mol. The molecule has 0 aliphatic rings. The number of nitrogens with one attached hydrogen (secondary N) is 1. The van der Waals surface area contributed by atoms with Gasteiger partial charge in [0, 0.05) is 29.7 Å². The van der Waals surface area contributed by atoms with Crippen molar-refractivity contribution in [3.05, 3.63) is 35.8 Å². The van der Waals surface area contributed by atoms with Gasteiger partial charge in [0.05, 0.1) is 17.8 Å². The third-order valence-electron chi connectivity index (χ3n) is 2.99. The summed E-state index contributed by atoms with van der Waals surface area (Å²) < 4.78 is 0. The number of nitrogens with two attached hydrogens (primary N) is 1. The smallest absolute Gasteiger partial charge is 0.231 e. The van der Waals surface area contributed by atoms with Gasteiger partial charge in [-0.05, 0) is 17.7 Å². The molecule has 106 valence electrons. The zero-order valence-corrected chi connectivity index (χ0v) is 12.1. The van der Waals surface area contributed by atoms with Crippen LogP contribution in [0.15, 0.2) is 24.5 Å². The number of amides is 1. The average Bonchev–Trinajstić information content (AvgIpc) is 2.36. The van der Waals surface area contributed by atoms with Crippen molar-refractivity contribution < 1.29 is 4.79 Å². The minimum atomic E-state index is -0.363. The molecule has 0 spiro atoms. The van der Waals surface area contributed by atoms with Gasteiger partial charge in [0.15, 0.2) is 0 Å². The topological polar surface area (TPSA) is 80.9 Å². The molecule has 0 aromatic carbocycles. The van der Waals surface area contributed by atoms with Crippen LogP contribution in [-0.2, 0) is 16.8 Å². The maximum atomic E-state index is 10.7. The van der Waals surface area contributed by atoms with Crippen LogP contribution in [0.25, 0.3) is 10.9 Å². The molecule has 2 aromatic heterocycles. The first-order valence-corrected chi connectivity index (χ1v) is 6.61. The Balaban J connectivity index is 2.29. The summed E-state index contributed by atoms with van der Waals surface area (Å²) in [7, 11) is 0. The Hall–Kier alpha value is -2.01. The molecule has 5 heteroatoms. The van der Waals surface area contributed by atoms with Gasteiger partial charge in [0.1, 0.15) is 0 Å². The molecule has 0 unspecified atom stereocenters. The van der Waals surface area contributed by atoms with Gasteiger partial charge in [-0.2, -0.15) is 0 Å². The minimum Gasteiger partial charge on any atom is -0.369 e. The predicted molar refractivity (Wildman–Crippen MR) is 79.1 cm³/mol. The van der Waals surface area contributed by atoms with Gasteiger partial charge in [-0.3, -0.25) is 14.8 Å². The lowest BCUT2D eigenvalue weighted by Crippen LogP contribution is -2.28. The minimum absolute atomic E-state index is 0.0434. The molecule has 0 saturated carbocycles. The van der Waals surface area contributed by atoms with E-state index in [2.05, 4.69) is 42.1 Å².